The van der Waals surface area contributed by atoms with Crippen molar-refractivity contribution in [1.82, 2.24) is 14.8 Å². The minimum atomic E-state index is -1.04. The lowest BCUT2D eigenvalue weighted by atomic mass is 10.0. The summed E-state index contributed by atoms with van der Waals surface area (Å²) >= 11 is 0. The summed E-state index contributed by atoms with van der Waals surface area (Å²) in [5.41, 5.74) is 1.47. The Morgan fingerprint density at radius 3 is 2.69 bits per heavy atom. The molecule has 2 aromatic rings. The maximum atomic E-state index is 13.6. The highest BCUT2D eigenvalue weighted by Gasteiger charge is 2.28. The molecule has 1 aliphatic rings. The summed E-state index contributed by atoms with van der Waals surface area (Å²) in [5, 5.41) is 2.61. The van der Waals surface area contributed by atoms with E-state index < -0.39 is 11.6 Å². The zero-order valence-corrected chi connectivity index (χ0v) is 14.8. The molecule has 0 radical (unpaired) electrons. The fourth-order valence-corrected chi connectivity index (χ4v) is 3.37. The van der Waals surface area contributed by atoms with Crippen molar-refractivity contribution in [3.63, 3.8) is 0 Å². The number of aryl methyl sites for hydroxylation is 1. The van der Waals surface area contributed by atoms with E-state index in [1.165, 1.54) is 0 Å². The van der Waals surface area contributed by atoms with E-state index in [1.807, 2.05) is 22.9 Å². The molecule has 2 heterocycles. The average Bonchev–Trinajstić information content (AvgIpc) is 2.96. The Kier molecular flexibility index (Phi) is 5.06. The zero-order chi connectivity index (χ0) is 18.8. The predicted molar refractivity (Wildman–Crippen MR) is 92.4 cm³/mol. The maximum Gasteiger partial charge on any atom is 0.254 e. The first-order valence-electron chi connectivity index (χ1n) is 8.48. The van der Waals surface area contributed by atoms with E-state index in [2.05, 4.69) is 5.32 Å². The molecule has 7 heteroatoms. The fourth-order valence-electron chi connectivity index (χ4n) is 3.37. The summed E-state index contributed by atoms with van der Waals surface area (Å²) in [6, 6.07) is 5.79. The van der Waals surface area contributed by atoms with E-state index >= 15 is 0 Å². The molecule has 0 saturated carbocycles. The number of rotatable bonds is 3. The van der Waals surface area contributed by atoms with Gasteiger partial charge in [-0.3, -0.25) is 9.59 Å². The fraction of sp³-hybridized carbons (Fsp3) is 0.368. The Hall–Kier alpha value is -2.70. The molecule has 2 amide bonds. The number of fused-ring (bicyclic) bond motifs is 1. The van der Waals surface area contributed by atoms with E-state index in [0.29, 0.717) is 25.2 Å². The predicted octanol–water partition coefficient (Wildman–Crippen LogP) is 2.48. The number of carbonyl (C=O) groups excluding carboxylic acids is 2. The summed E-state index contributed by atoms with van der Waals surface area (Å²) in [6.45, 7) is 2.93. The van der Waals surface area contributed by atoms with Gasteiger partial charge in [-0.2, -0.15) is 0 Å². The number of hydrogen-bond donors (Lipinski definition) is 1. The lowest BCUT2D eigenvalue weighted by Crippen LogP contribution is -2.36. The topological polar surface area (TPSA) is 54.3 Å². The third kappa shape index (κ3) is 3.61. The average molecular weight is 361 g/mol. The monoisotopic (exact) mass is 361 g/mol. The van der Waals surface area contributed by atoms with Crippen molar-refractivity contribution in [2.24, 2.45) is 5.92 Å². The summed E-state index contributed by atoms with van der Waals surface area (Å²) in [4.78, 5) is 26.4. The smallest absolute Gasteiger partial charge is 0.254 e. The number of nitrogens with one attached hydrogen (secondary N) is 1. The van der Waals surface area contributed by atoms with Gasteiger partial charge in [0.1, 0.15) is 0 Å². The van der Waals surface area contributed by atoms with Gasteiger partial charge in [0.15, 0.2) is 11.6 Å². The largest absolute Gasteiger partial charge is 0.359 e. The van der Waals surface area contributed by atoms with Crippen molar-refractivity contribution in [1.29, 1.82) is 0 Å². The van der Waals surface area contributed by atoms with E-state index in [4.69, 9.17) is 0 Å². The Morgan fingerprint density at radius 2 is 1.96 bits per heavy atom. The molecule has 3 rings (SSSR count). The molecule has 0 fully saturated rings. The number of amides is 2. The lowest BCUT2D eigenvalue weighted by molar-refractivity contribution is -0.121. The van der Waals surface area contributed by atoms with E-state index in [0.717, 1.165) is 17.8 Å². The van der Waals surface area contributed by atoms with Crippen LogP contribution in [0.3, 0.4) is 0 Å². The van der Waals surface area contributed by atoms with Gasteiger partial charge in [-0.15, -0.1) is 0 Å². The molecule has 138 valence electrons. The number of benzene rings is 1. The second kappa shape index (κ2) is 7.27. The van der Waals surface area contributed by atoms with Crippen LogP contribution in [0.25, 0.3) is 0 Å². The lowest BCUT2D eigenvalue weighted by Gasteiger charge is -2.24. The quantitative estimate of drug-likeness (QED) is 0.913. The summed E-state index contributed by atoms with van der Waals surface area (Å²) in [6.07, 6.45) is 2.21. The van der Waals surface area contributed by atoms with Gasteiger partial charge in [0.2, 0.25) is 5.91 Å². The minimum absolute atomic E-state index is 0.0712. The number of aromatic nitrogens is 1. The van der Waals surface area contributed by atoms with Crippen LogP contribution in [0.1, 0.15) is 28.0 Å². The Morgan fingerprint density at radius 1 is 1.23 bits per heavy atom. The molecule has 1 N–H and O–H groups in total. The summed E-state index contributed by atoms with van der Waals surface area (Å²) < 4.78 is 29.1. The first-order valence-corrected chi connectivity index (χ1v) is 8.48. The SMILES string of the molecule is CNC(=O)C[C@H]1CN(C(=O)c2cc(F)c(F)cc2C)Cc2cccn2C1. The number of nitrogens with zero attached hydrogens (tertiary/aromatic N) is 2. The van der Waals surface area contributed by atoms with Crippen molar-refractivity contribution in [3.8, 4) is 0 Å². The Balaban J connectivity index is 1.91. The van der Waals surface area contributed by atoms with Crippen molar-refractivity contribution >= 4 is 11.8 Å². The molecule has 0 unspecified atom stereocenters. The van der Waals surface area contributed by atoms with Crippen molar-refractivity contribution < 1.29 is 18.4 Å². The first kappa shape index (κ1) is 18.1. The molecular formula is C19H21F2N3O2. The van der Waals surface area contributed by atoms with Gasteiger partial charge < -0.3 is 14.8 Å². The summed E-state index contributed by atoms with van der Waals surface area (Å²) in [7, 11) is 1.58. The maximum absolute atomic E-state index is 13.6. The van der Waals surface area contributed by atoms with Crippen molar-refractivity contribution in [2.45, 2.75) is 26.4 Å². The van der Waals surface area contributed by atoms with Gasteiger partial charge in [0.05, 0.1) is 6.54 Å². The van der Waals surface area contributed by atoms with Crippen LogP contribution in [0, 0.1) is 24.5 Å². The molecule has 1 aromatic heterocycles. The third-order valence-electron chi connectivity index (χ3n) is 4.75. The number of hydrogen-bond acceptors (Lipinski definition) is 2. The van der Waals surface area contributed by atoms with E-state index in [9.17, 15) is 18.4 Å². The van der Waals surface area contributed by atoms with E-state index in [1.54, 1.807) is 18.9 Å². The van der Waals surface area contributed by atoms with Gasteiger partial charge in [-0.05, 0) is 36.8 Å². The molecule has 0 saturated heterocycles. The highest BCUT2D eigenvalue weighted by atomic mass is 19.2. The summed E-state index contributed by atoms with van der Waals surface area (Å²) in [5.74, 6) is -2.54. The van der Waals surface area contributed by atoms with Crippen LogP contribution in [0.5, 0.6) is 0 Å². The Bertz CT molecular complexity index is 847. The van der Waals surface area contributed by atoms with E-state index in [-0.39, 0.29) is 29.7 Å². The molecule has 0 spiro atoms. The van der Waals surface area contributed by atoms with Crippen LogP contribution < -0.4 is 5.32 Å². The van der Waals surface area contributed by atoms with Crippen molar-refractivity contribution in [3.05, 3.63) is 58.9 Å². The third-order valence-corrected chi connectivity index (χ3v) is 4.75. The molecule has 5 nitrogen and oxygen atoms in total. The van der Waals surface area contributed by atoms with Crippen molar-refractivity contribution in [2.75, 3.05) is 13.6 Å². The zero-order valence-electron chi connectivity index (χ0n) is 14.8. The Labute approximate surface area is 150 Å². The molecule has 1 atom stereocenters. The molecule has 0 aliphatic carbocycles. The molecule has 26 heavy (non-hydrogen) atoms. The van der Waals surface area contributed by atoms with Crippen LogP contribution >= 0.6 is 0 Å². The van der Waals surface area contributed by atoms with Gasteiger partial charge in [-0.1, -0.05) is 0 Å². The molecular weight excluding hydrogens is 340 g/mol. The number of halogens is 2. The molecule has 1 aliphatic heterocycles. The standard InChI is InChI=1S/C19H21F2N3O2/c1-12-6-16(20)17(21)8-15(12)19(26)24-10-13(7-18(25)22-2)9-23-5-3-4-14(23)11-24/h3-6,8,13H,7,9-11H2,1-2H3,(H,22,25)/t13-/m1/s1. The normalized spacial score (nSPS) is 16.8. The van der Waals surface area contributed by atoms with Gasteiger partial charge in [0.25, 0.3) is 5.91 Å². The van der Waals surface area contributed by atoms with Gasteiger partial charge in [-0.25, -0.2) is 8.78 Å². The van der Waals surface area contributed by atoms with Gasteiger partial charge >= 0.3 is 0 Å². The van der Waals surface area contributed by atoms with Crippen LogP contribution in [0.4, 0.5) is 8.78 Å². The molecule has 1 aromatic carbocycles. The first-order chi connectivity index (χ1) is 12.4. The second-order valence-electron chi connectivity index (χ2n) is 6.66. The highest BCUT2D eigenvalue weighted by Crippen LogP contribution is 2.23. The molecule has 0 bridgehead atoms. The minimum Gasteiger partial charge on any atom is -0.359 e. The van der Waals surface area contributed by atoms with Crippen LogP contribution in [-0.4, -0.2) is 34.9 Å². The van der Waals surface area contributed by atoms with Crippen LogP contribution in [-0.2, 0) is 17.9 Å². The van der Waals surface area contributed by atoms with Crippen LogP contribution in [0.2, 0.25) is 0 Å². The van der Waals surface area contributed by atoms with Crippen LogP contribution in [0.15, 0.2) is 30.5 Å². The highest BCUT2D eigenvalue weighted by molar-refractivity contribution is 5.95. The van der Waals surface area contributed by atoms with Gasteiger partial charge in [0, 0.05) is 49.9 Å². The number of carbonyl (C=O) groups is 2. The second-order valence-corrected chi connectivity index (χ2v) is 6.66.